The topological polar surface area (TPSA) is 75.6 Å². The lowest BCUT2D eigenvalue weighted by Crippen LogP contribution is -2.65. The van der Waals surface area contributed by atoms with Crippen molar-refractivity contribution in [2.45, 2.75) is 56.4 Å². The second kappa shape index (κ2) is 17.8. The molecule has 0 aliphatic carbocycles. The molecule has 50 heavy (non-hydrogen) atoms. The molecule has 0 spiro atoms. The van der Waals surface area contributed by atoms with Crippen molar-refractivity contribution in [1.82, 2.24) is 0 Å². The fraction of sp³-hybridized carbons (Fsp3) is 0.256. The fourth-order valence-electron chi connectivity index (χ4n) is 6.34. The lowest BCUT2D eigenvalue weighted by atomic mass is 9.79. The Balaban J connectivity index is 1.44. The summed E-state index contributed by atoms with van der Waals surface area (Å²) >= 11 is 0. The average Bonchev–Trinajstić information content (AvgIpc) is 3.18. The van der Waals surface area contributed by atoms with Crippen LogP contribution in [0.1, 0.15) is 27.8 Å². The molecule has 6 rings (SSSR count). The van der Waals surface area contributed by atoms with E-state index in [1.807, 2.05) is 146 Å². The number of aliphatic hydroxyl groups is 1. The third-order valence-corrected chi connectivity index (χ3v) is 8.84. The van der Waals surface area contributed by atoms with Crippen molar-refractivity contribution in [3.05, 3.63) is 186 Å². The van der Waals surface area contributed by atoms with Gasteiger partial charge >= 0.3 is 0 Å². The summed E-state index contributed by atoms with van der Waals surface area (Å²) in [6, 6.07) is 47.7. The Morgan fingerprint density at radius 1 is 0.600 bits per heavy atom. The Morgan fingerprint density at radius 3 is 1.62 bits per heavy atom. The van der Waals surface area contributed by atoms with E-state index in [0.29, 0.717) is 25.6 Å². The molecule has 0 radical (unpaired) electrons. The highest BCUT2D eigenvalue weighted by atomic mass is 16.6. The van der Waals surface area contributed by atoms with E-state index in [0.717, 1.165) is 34.1 Å². The van der Waals surface area contributed by atoms with Crippen LogP contribution in [0, 0.1) is 0 Å². The first-order chi connectivity index (χ1) is 24.7. The van der Waals surface area contributed by atoms with Crippen LogP contribution in [0.15, 0.2) is 158 Å². The molecule has 1 saturated heterocycles. The summed E-state index contributed by atoms with van der Waals surface area (Å²) < 4.78 is 39.8. The second-order valence-corrected chi connectivity index (χ2v) is 12.2. The highest BCUT2D eigenvalue weighted by molar-refractivity contribution is 5.38. The van der Waals surface area contributed by atoms with Crippen LogP contribution in [0.4, 0.5) is 0 Å². The molecule has 0 unspecified atom stereocenters. The third-order valence-electron chi connectivity index (χ3n) is 8.84. The van der Waals surface area contributed by atoms with Crippen molar-refractivity contribution in [3.63, 3.8) is 0 Å². The summed E-state index contributed by atoms with van der Waals surface area (Å²) in [4.78, 5) is 0. The quantitative estimate of drug-likeness (QED) is 0.106. The third kappa shape index (κ3) is 8.87. The molecule has 0 aromatic heterocycles. The van der Waals surface area contributed by atoms with Crippen molar-refractivity contribution >= 4 is 0 Å². The largest absolute Gasteiger partial charge is 0.516 e. The van der Waals surface area contributed by atoms with Gasteiger partial charge in [-0.05, 0) is 46.0 Å². The second-order valence-electron chi connectivity index (χ2n) is 12.2. The number of benzene rings is 5. The summed E-state index contributed by atoms with van der Waals surface area (Å²) in [5.74, 6) is 0.639. The van der Waals surface area contributed by atoms with Gasteiger partial charge < -0.3 is 33.5 Å². The van der Waals surface area contributed by atoms with Crippen molar-refractivity contribution in [1.29, 1.82) is 0 Å². The van der Waals surface area contributed by atoms with Crippen molar-refractivity contribution in [2.75, 3.05) is 13.7 Å². The van der Waals surface area contributed by atoms with Gasteiger partial charge in [0.2, 0.25) is 0 Å². The maximum atomic E-state index is 10.5. The number of hydrogen-bond donors (Lipinski definition) is 1. The zero-order chi connectivity index (χ0) is 34.4. The summed E-state index contributed by atoms with van der Waals surface area (Å²) in [6.07, 6.45) is -0.0752. The van der Waals surface area contributed by atoms with E-state index >= 15 is 0 Å². The molecule has 0 bridgehead atoms. The highest BCUT2D eigenvalue weighted by Crippen LogP contribution is 2.45. The van der Waals surface area contributed by atoms with Gasteiger partial charge in [0.15, 0.2) is 0 Å². The fourth-order valence-corrected chi connectivity index (χ4v) is 6.34. The van der Waals surface area contributed by atoms with Gasteiger partial charge in [-0.25, -0.2) is 0 Å². The summed E-state index contributed by atoms with van der Waals surface area (Å²) in [7, 11) is 1.62. The first-order valence-electron chi connectivity index (χ1n) is 16.9. The van der Waals surface area contributed by atoms with Crippen LogP contribution in [0.5, 0.6) is 5.75 Å². The van der Waals surface area contributed by atoms with Crippen LogP contribution in [-0.4, -0.2) is 43.2 Å². The number of rotatable bonds is 16. The molecule has 1 aliphatic heterocycles. The number of methoxy groups -OCH3 is 1. The van der Waals surface area contributed by atoms with E-state index in [2.05, 4.69) is 0 Å². The van der Waals surface area contributed by atoms with Gasteiger partial charge in [0.1, 0.15) is 35.8 Å². The van der Waals surface area contributed by atoms with Gasteiger partial charge in [-0.2, -0.15) is 0 Å². The molecule has 1 heterocycles. The van der Waals surface area contributed by atoms with E-state index in [1.54, 1.807) is 13.2 Å². The van der Waals surface area contributed by atoms with Crippen molar-refractivity contribution < 1.29 is 33.5 Å². The van der Waals surface area contributed by atoms with Gasteiger partial charge in [0.05, 0.1) is 46.4 Å². The molecular formula is C43H44O7. The Kier molecular flexibility index (Phi) is 12.5. The van der Waals surface area contributed by atoms with Crippen LogP contribution < -0.4 is 4.74 Å². The molecule has 5 aromatic rings. The minimum atomic E-state index is -1.33. The Bertz CT molecular complexity index is 1730. The van der Waals surface area contributed by atoms with Crippen LogP contribution >= 0.6 is 0 Å². The van der Waals surface area contributed by atoms with E-state index in [1.165, 1.54) is 0 Å². The van der Waals surface area contributed by atoms with Crippen LogP contribution in [0.25, 0.3) is 0 Å². The maximum Gasteiger partial charge on any atom is 0.144 e. The van der Waals surface area contributed by atoms with Crippen molar-refractivity contribution in [3.8, 4) is 5.75 Å². The lowest BCUT2D eigenvalue weighted by Gasteiger charge is -2.52. The maximum absolute atomic E-state index is 10.5. The molecule has 1 aliphatic rings. The first kappa shape index (κ1) is 35.1. The summed E-state index contributed by atoms with van der Waals surface area (Å²) in [6.45, 7) is 1.47. The van der Waals surface area contributed by atoms with Gasteiger partial charge in [-0.1, -0.05) is 133 Å². The predicted octanol–water partition coefficient (Wildman–Crippen LogP) is 8.33. The molecule has 1 N–H and O–H groups in total. The molecule has 1 fully saturated rings. The van der Waals surface area contributed by atoms with Crippen LogP contribution in [0.3, 0.4) is 0 Å². The molecule has 5 aromatic carbocycles. The standard InChI is InChI=1S/C43H44O7/c1-45-38-24-14-23-37(27-38)43(25-26-44)42(49-31-36-21-12-5-13-22-36)41(48-30-35-19-10-4-11-20-35)40(47-29-34-17-8-3-9-18-34)39(50-43)32-46-28-33-15-6-2-7-16-33/h2-27,39-42,44H,28-32H2,1H3/b26-25+/t39-,40+,41+,42-,43-/m1/s1. The van der Waals surface area contributed by atoms with E-state index < -0.39 is 30.0 Å². The van der Waals surface area contributed by atoms with Gasteiger partial charge in [0, 0.05) is 0 Å². The first-order valence-corrected chi connectivity index (χ1v) is 16.9. The lowest BCUT2D eigenvalue weighted by molar-refractivity contribution is -0.300. The predicted molar refractivity (Wildman–Crippen MR) is 192 cm³/mol. The molecule has 7 nitrogen and oxygen atoms in total. The van der Waals surface area contributed by atoms with Gasteiger partial charge in [-0.3, -0.25) is 0 Å². The molecular weight excluding hydrogens is 628 g/mol. The minimum Gasteiger partial charge on any atom is -0.516 e. The minimum absolute atomic E-state index is 0.190. The van der Waals surface area contributed by atoms with Crippen LogP contribution in [-0.2, 0) is 55.7 Å². The molecule has 258 valence electrons. The van der Waals surface area contributed by atoms with Crippen LogP contribution in [0.2, 0.25) is 0 Å². The average molecular weight is 673 g/mol. The monoisotopic (exact) mass is 672 g/mol. The molecule has 7 heteroatoms. The zero-order valence-electron chi connectivity index (χ0n) is 28.3. The van der Waals surface area contributed by atoms with E-state index in [-0.39, 0.29) is 13.2 Å². The number of ether oxygens (including phenoxy) is 6. The highest BCUT2D eigenvalue weighted by Gasteiger charge is 2.57. The smallest absolute Gasteiger partial charge is 0.144 e. The molecule has 0 saturated carbocycles. The van der Waals surface area contributed by atoms with Crippen molar-refractivity contribution in [2.24, 2.45) is 0 Å². The van der Waals surface area contributed by atoms with E-state index in [9.17, 15) is 5.11 Å². The SMILES string of the molecule is COc1cccc([C@@]2(/C=C/O)O[C@H](COCc3ccccc3)[C@H](OCc3ccccc3)[C@H](OCc3ccccc3)[C@H]2OCc2ccccc2)c1. The number of hydrogen-bond acceptors (Lipinski definition) is 7. The van der Waals surface area contributed by atoms with Gasteiger partial charge in [-0.15, -0.1) is 0 Å². The molecule has 0 amide bonds. The summed E-state index contributed by atoms with van der Waals surface area (Å²) in [5.41, 5.74) is 3.44. The number of aliphatic hydroxyl groups excluding tert-OH is 1. The zero-order valence-corrected chi connectivity index (χ0v) is 28.3. The van der Waals surface area contributed by atoms with Gasteiger partial charge in [0.25, 0.3) is 0 Å². The molecule has 5 atom stereocenters. The van der Waals surface area contributed by atoms with E-state index in [4.69, 9.17) is 28.4 Å². The Hall–Kier alpha value is -4.76. The summed E-state index contributed by atoms with van der Waals surface area (Å²) in [5, 5.41) is 10.5. The normalized spacial score (nSPS) is 22.0. The Labute approximate surface area is 294 Å². The Morgan fingerprint density at radius 2 is 1.10 bits per heavy atom.